The first-order valence-corrected chi connectivity index (χ1v) is 7.89. The zero-order valence-electron chi connectivity index (χ0n) is 12.6. The normalized spacial score (nSPS) is 22.8. The van der Waals surface area contributed by atoms with E-state index in [1.165, 1.54) is 5.56 Å². The molecule has 21 heavy (non-hydrogen) atoms. The molecule has 1 unspecified atom stereocenters. The topological polar surface area (TPSA) is 32.3 Å². The first-order chi connectivity index (χ1) is 10.2. The molecule has 0 radical (unpaired) electrons. The fourth-order valence-electron chi connectivity index (χ4n) is 3.59. The molecule has 1 spiro atoms. The number of hydrogen-bond donors (Lipinski definition) is 1. The number of piperidine rings is 1. The maximum absolute atomic E-state index is 12.8. The predicted molar refractivity (Wildman–Crippen MR) is 84.7 cm³/mol. The fraction of sp³-hybridized carbons (Fsp3) is 0.500. The quantitative estimate of drug-likeness (QED) is 0.843. The molecule has 2 fully saturated rings. The van der Waals surface area contributed by atoms with Crippen molar-refractivity contribution in [3.05, 3.63) is 48.6 Å². The molecule has 1 aliphatic carbocycles. The lowest BCUT2D eigenvalue weighted by Gasteiger charge is -2.26. The third-order valence-corrected chi connectivity index (χ3v) is 4.96. The molecule has 1 aromatic rings. The van der Waals surface area contributed by atoms with E-state index < -0.39 is 0 Å². The van der Waals surface area contributed by atoms with Crippen molar-refractivity contribution in [2.24, 2.45) is 11.3 Å². The van der Waals surface area contributed by atoms with Gasteiger partial charge in [-0.3, -0.25) is 4.79 Å². The molecular weight excluding hydrogens is 260 g/mol. The highest BCUT2D eigenvalue weighted by molar-refractivity contribution is 5.83. The highest BCUT2D eigenvalue weighted by Gasteiger charge is 2.58. The van der Waals surface area contributed by atoms with E-state index in [4.69, 9.17) is 0 Å². The van der Waals surface area contributed by atoms with E-state index in [0.29, 0.717) is 24.4 Å². The number of amides is 1. The number of carbonyl (C=O) groups excluding carboxylic acids is 1. The molecule has 1 heterocycles. The average Bonchev–Trinajstić information content (AvgIpc) is 3.21. The first-order valence-electron chi connectivity index (χ1n) is 7.89. The molecule has 1 aliphatic heterocycles. The number of carbonyl (C=O) groups is 1. The third-order valence-electron chi connectivity index (χ3n) is 4.96. The fourth-order valence-corrected chi connectivity index (χ4v) is 3.59. The molecule has 1 N–H and O–H groups in total. The Balaban J connectivity index is 1.67. The van der Waals surface area contributed by atoms with Gasteiger partial charge in [0, 0.05) is 19.0 Å². The van der Waals surface area contributed by atoms with Gasteiger partial charge in [0.1, 0.15) is 0 Å². The van der Waals surface area contributed by atoms with Crippen LogP contribution in [0.1, 0.15) is 24.8 Å². The minimum atomic E-state index is 0.239. The molecule has 3 nitrogen and oxygen atoms in total. The zero-order chi connectivity index (χ0) is 14.7. The molecule has 3 rings (SSSR count). The summed E-state index contributed by atoms with van der Waals surface area (Å²) in [5.41, 5.74) is 1.49. The number of nitrogens with zero attached hydrogens (tertiary/aromatic N) is 1. The van der Waals surface area contributed by atoms with Crippen molar-refractivity contribution >= 4 is 5.91 Å². The predicted octanol–water partition coefficient (Wildman–Crippen LogP) is 2.59. The SMILES string of the molecule is C=CCN(Cc1ccccc1)C(=O)C1CC12CCNCC2. The summed E-state index contributed by atoms with van der Waals surface area (Å²) >= 11 is 0. The maximum Gasteiger partial charge on any atom is 0.226 e. The Morgan fingerprint density at radius 2 is 2.05 bits per heavy atom. The molecule has 0 bridgehead atoms. The lowest BCUT2D eigenvalue weighted by atomic mass is 9.91. The van der Waals surface area contributed by atoms with Crippen molar-refractivity contribution in [1.82, 2.24) is 10.2 Å². The standard InChI is InChI=1S/C18H24N2O/c1-2-12-20(14-15-6-4-3-5-7-15)17(21)16-13-18(16)8-10-19-11-9-18/h2-7,16,19H,1,8-14H2. The Kier molecular flexibility index (Phi) is 4.11. The summed E-state index contributed by atoms with van der Waals surface area (Å²) in [7, 11) is 0. The van der Waals surface area contributed by atoms with Crippen LogP contribution in [-0.4, -0.2) is 30.4 Å². The van der Waals surface area contributed by atoms with Crippen LogP contribution in [0.25, 0.3) is 0 Å². The van der Waals surface area contributed by atoms with E-state index in [1.54, 1.807) is 0 Å². The van der Waals surface area contributed by atoms with Crippen LogP contribution < -0.4 is 5.32 Å². The molecule has 0 aromatic heterocycles. The van der Waals surface area contributed by atoms with E-state index in [9.17, 15) is 4.79 Å². The summed E-state index contributed by atoms with van der Waals surface area (Å²) in [6.07, 6.45) is 5.21. The second-order valence-corrected chi connectivity index (χ2v) is 6.36. The minimum Gasteiger partial charge on any atom is -0.334 e. The van der Waals surface area contributed by atoms with Crippen molar-refractivity contribution in [3.63, 3.8) is 0 Å². The molecule has 1 saturated carbocycles. The van der Waals surface area contributed by atoms with Gasteiger partial charge in [0.15, 0.2) is 0 Å². The van der Waals surface area contributed by atoms with Crippen LogP contribution >= 0.6 is 0 Å². The Morgan fingerprint density at radius 1 is 1.33 bits per heavy atom. The lowest BCUT2D eigenvalue weighted by molar-refractivity contribution is -0.133. The molecule has 1 aromatic carbocycles. The first kappa shape index (κ1) is 14.3. The molecule has 1 atom stereocenters. The van der Waals surface area contributed by atoms with E-state index in [2.05, 4.69) is 24.0 Å². The van der Waals surface area contributed by atoms with Gasteiger partial charge in [0.05, 0.1) is 0 Å². The molecule has 3 heteroatoms. The van der Waals surface area contributed by atoms with E-state index >= 15 is 0 Å². The lowest BCUT2D eigenvalue weighted by Crippen LogP contribution is -2.36. The molecule has 2 aliphatic rings. The highest BCUT2D eigenvalue weighted by Crippen LogP contribution is 2.59. The van der Waals surface area contributed by atoms with Gasteiger partial charge in [0.2, 0.25) is 5.91 Å². The summed E-state index contributed by atoms with van der Waals surface area (Å²) in [6, 6.07) is 10.2. The van der Waals surface area contributed by atoms with Crippen LogP contribution in [0.15, 0.2) is 43.0 Å². The van der Waals surface area contributed by atoms with Crippen LogP contribution in [0, 0.1) is 11.3 Å². The molecule has 1 amide bonds. The molecule has 112 valence electrons. The Hall–Kier alpha value is -1.61. The number of rotatable bonds is 5. The van der Waals surface area contributed by atoms with E-state index in [-0.39, 0.29) is 5.92 Å². The summed E-state index contributed by atoms with van der Waals surface area (Å²) in [4.78, 5) is 14.8. The molecular formula is C18H24N2O. The number of benzene rings is 1. The van der Waals surface area contributed by atoms with Gasteiger partial charge in [0.25, 0.3) is 0 Å². The van der Waals surface area contributed by atoms with Gasteiger partial charge in [-0.25, -0.2) is 0 Å². The summed E-state index contributed by atoms with van der Waals surface area (Å²) < 4.78 is 0. The Labute approximate surface area is 127 Å². The van der Waals surface area contributed by atoms with Gasteiger partial charge < -0.3 is 10.2 Å². The van der Waals surface area contributed by atoms with E-state index in [0.717, 1.165) is 32.4 Å². The molecule has 1 saturated heterocycles. The average molecular weight is 284 g/mol. The van der Waals surface area contributed by atoms with Crippen molar-refractivity contribution in [2.45, 2.75) is 25.8 Å². The second-order valence-electron chi connectivity index (χ2n) is 6.36. The minimum absolute atomic E-state index is 0.239. The maximum atomic E-state index is 12.8. The number of nitrogens with one attached hydrogen (secondary N) is 1. The van der Waals surface area contributed by atoms with Gasteiger partial charge in [-0.05, 0) is 43.3 Å². The van der Waals surface area contributed by atoms with Crippen LogP contribution in [0.4, 0.5) is 0 Å². The summed E-state index contributed by atoms with van der Waals surface area (Å²) in [5, 5.41) is 3.39. The van der Waals surface area contributed by atoms with Crippen molar-refractivity contribution in [3.8, 4) is 0 Å². The Morgan fingerprint density at radius 3 is 2.71 bits per heavy atom. The largest absolute Gasteiger partial charge is 0.334 e. The van der Waals surface area contributed by atoms with Crippen molar-refractivity contribution < 1.29 is 4.79 Å². The smallest absolute Gasteiger partial charge is 0.226 e. The van der Waals surface area contributed by atoms with Crippen LogP contribution in [-0.2, 0) is 11.3 Å². The van der Waals surface area contributed by atoms with Crippen molar-refractivity contribution in [2.75, 3.05) is 19.6 Å². The van der Waals surface area contributed by atoms with Crippen LogP contribution in [0.5, 0.6) is 0 Å². The Bertz CT molecular complexity index is 505. The van der Waals surface area contributed by atoms with Gasteiger partial charge >= 0.3 is 0 Å². The monoisotopic (exact) mass is 284 g/mol. The van der Waals surface area contributed by atoms with Crippen LogP contribution in [0.2, 0.25) is 0 Å². The number of hydrogen-bond acceptors (Lipinski definition) is 2. The second kappa shape index (κ2) is 6.02. The highest BCUT2D eigenvalue weighted by atomic mass is 16.2. The van der Waals surface area contributed by atoms with Gasteiger partial charge in [-0.15, -0.1) is 6.58 Å². The summed E-state index contributed by atoms with van der Waals surface area (Å²) in [5.74, 6) is 0.559. The van der Waals surface area contributed by atoms with Crippen molar-refractivity contribution in [1.29, 1.82) is 0 Å². The zero-order valence-corrected chi connectivity index (χ0v) is 12.6. The summed E-state index contributed by atoms with van der Waals surface area (Å²) in [6.45, 7) is 7.25. The van der Waals surface area contributed by atoms with Gasteiger partial charge in [-0.1, -0.05) is 36.4 Å². The van der Waals surface area contributed by atoms with Crippen LogP contribution in [0.3, 0.4) is 0 Å². The third kappa shape index (κ3) is 3.03. The van der Waals surface area contributed by atoms with E-state index in [1.807, 2.05) is 29.2 Å². The van der Waals surface area contributed by atoms with Gasteiger partial charge in [-0.2, -0.15) is 0 Å².